The van der Waals surface area contributed by atoms with Gasteiger partial charge >= 0.3 is 35.5 Å². The van der Waals surface area contributed by atoms with Gasteiger partial charge in [-0.2, -0.15) is 0 Å². The van der Waals surface area contributed by atoms with Crippen molar-refractivity contribution in [3.63, 3.8) is 0 Å². The molecule has 632 valence electrons. The van der Waals surface area contributed by atoms with E-state index in [0.29, 0.717) is 102 Å². The zero-order chi connectivity index (χ0) is 84.8. The lowest BCUT2D eigenvalue weighted by molar-refractivity contribution is -0.147. The van der Waals surface area contributed by atoms with Gasteiger partial charge in [-0.1, -0.05) is 59.7 Å². The number of amides is 5. The molecule has 15 rings (SSSR count). The highest BCUT2D eigenvalue weighted by Gasteiger charge is 2.41. The molecule has 28 heteroatoms. The highest BCUT2D eigenvalue weighted by atomic mass is 32.1. The van der Waals surface area contributed by atoms with Gasteiger partial charge in [0.25, 0.3) is 0 Å². The van der Waals surface area contributed by atoms with E-state index in [0.717, 1.165) is 116 Å². The van der Waals surface area contributed by atoms with Crippen molar-refractivity contribution >= 4 is 135 Å². The topological polar surface area (TPSA) is 342 Å². The fourth-order valence-electron chi connectivity index (χ4n) is 17.4. The number of carboxylic acid groups (broad SMARTS) is 1. The first-order valence-corrected chi connectivity index (χ1v) is 44.6. The molecule has 6 fully saturated rings. The Balaban J connectivity index is 0.000000152. The first kappa shape index (κ1) is 88.1. The van der Waals surface area contributed by atoms with Crippen molar-refractivity contribution < 1.29 is 33.9 Å². The molecule has 11 N–H and O–H groups in total. The van der Waals surface area contributed by atoms with Crippen LogP contribution in [0.3, 0.4) is 0 Å². The lowest BCUT2D eigenvalue weighted by atomic mass is 9.83. The highest BCUT2D eigenvalue weighted by molar-refractivity contribution is 7.19. The number of aromatic nitrogens is 6. The molecule has 12 heterocycles. The molecular formula is C90H122N18O7S3. The fourth-order valence-corrected chi connectivity index (χ4v) is 20.6. The number of rotatable bonds is 12. The van der Waals surface area contributed by atoms with Crippen LogP contribution >= 0.6 is 34.0 Å². The molecule has 0 radical (unpaired) electrons. The van der Waals surface area contributed by atoms with Crippen molar-refractivity contribution in [1.29, 1.82) is 0 Å². The Labute approximate surface area is 706 Å². The SMILES string of the molecule is CCc1cc(NC(=O)C(=O)N2C[C@@H](C)CC[C@@H]2c2ccc3sc(C4CCN(C)C(C)(C)C4)nc3c2)cnc1N.CCc1cc(NC(=O)C(=O)N2C[C@@H](C)CC[C@@H]2c2ccc3sc([C@@H]4CCN(C)C(C)(C)C4)nc3c2)cnc1N.CCc1cc(NC(=O)C(=O)O)cnc1N.C[C@H]1CC[C@H](c2ccc3sc(C4CCN(C)C(C)(C)C4)nc3c2)NC1. The van der Waals surface area contributed by atoms with Gasteiger partial charge in [-0.15, -0.1) is 34.0 Å². The van der Waals surface area contributed by atoms with E-state index in [2.05, 4.69) is 189 Å². The number of hydrogen-bond acceptors (Lipinski definition) is 22. The van der Waals surface area contributed by atoms with Gasteiger partial charge in [-0.3, -0.25) is 24.0 Å². The normalized spacial score (nSPS) is 23.3. The number of benzene rings is 3. The number of nitrogens with zero attached hydrogens (tertiary/aromatic N) is 11. The van der Waals surface area contributed by atoms with E-state index in [1.165, 1.54) is 91.0 Å². The number of nitrogens with one attached hydrogen (secondary N) is 4. The number of aryl methyl sites for hydroxylation is 3. The molecule has 6 aliphatic heterocycles. The van der Waals surface area contributed by atoms with E-state index < -0.39 is 35.5 Å². The molecule has 118 heavy (non-hydrogen) atoms. The van der Waals surface area contributed by atoms with Gasteiger partial charge in [0.2, 0.25) is 0 Å². The minimum Gasteiger partial charge on any atom is -0.474 e. The van der Waals surface area contributed by atoms with Gasteiger partial charge in [-0.25, -0.2) is 34.7 Å². The number of likely N-dealkylation sites (tertiary alicyclic amines) is 5. The summed E-state index contributed by atoms with van der Waals surface area (Å²) in [5.41, 5.74) is 28.3. The van der Waals surface area contributed by atoms with Crippen LogP contribution in [0, 0.1) is 17.8 Å². The average Bonchev–Trinajstić information content (AvgIpc) is 1.60. The number of hydrogen-bond donors (Lipinski definition) is 8. The largest absolute Gasteiger partial charge is 0.474 e. The Bertz CT molecular complexity index is 4900. The van der Waals surface area contributed by atoms with Crippen LogP contribution in [0.25, 0.3) is 30.6 Å². The van der Waals surface area contributed by atoms with E-state index in [9.17, 15) is 28.8 Å². The molecule has 9 atom stereocenters. The number of carbonyl (C=O) groups excluding carboxylic acids is 5. The third kappa shape index (κ3) is 21.0. The van der Waals surface area contributed by atoms with E-state index >= 15 is 0 Å². The van der Waals surface area contributed by atoms with Crippen LogP contribution in [0.2, 0.25) is 0 Å². The molecule has 9 aromatic rings. The maximum atomic E-state index is 13.5. The van der Waals surface area contributed by atoms with Crippen molar-refractivity contribution in [2.75, 3.05) is 93.6 Å². The van der Waals surface area contributed by atoms with E-state index in [-0.39, 0.29) is 28.7 Å². The number of nitrogens with two attached hydrogens (primary N) is 3. The van der Waals surface area contributed by atoms with E-state index in [1.54, 1.807) is 50.7 Å². The molecule has 5 amide bonds. The fraction of sp³-hybridized carbons (Fsp3) is 0.533. The van der Waals surface area contributed by atoms with Gasteiger partial charge in [0.15, 0.2) is 0 Å². The van der Waals surface area contributed by atoms with Crippen molar-refractivity contribution in [3.05, 3.63) is 140 Å². The molecule has 6 aliphatic rings. The minimum absolute atomic E-state index is 0.159. The summed E-state index contributed by atoms with van der Waals surface area (Å²) in [6.45, 7) is 31.9. The Morgan fingerprint density at radius 3 is 1.11 bits per heavy atom. The summed E-state index contributed by atoms with van der Waals surface area (Å²) >= 11 is 5.49. The third-order valence-electron chi connectivity index (χ3n) is 25.6. The molecule has 3 aromatic carbocycles. The van der Waals surface area contributed by atoms with Crippen molar-refractivity contribution in [2.24, 2.45) is 17.8 Å². The minimum atomic E-state index is -1.54. The van der Waals surface area contributed by atoms with Gasteiger partial charge < -0.3 is 68.1 Å². The lowest BCUT2D eigenvalue weighted by Gasteiger charge is -2.43. The monoisotopic (exact) mass is 1660 g/mol. The molecule has 0 bridgehead atoms. The van der Waals surface area contributed by atoms with Crippen LogP contribution in [-0.4, -0.2) is 172 Å². The standard InChI is InChI=1S/2C30H40N6O2S.C21H31N3S.C9H11N3O3/c2*1-6-19-13-22(16-32-26(19)31)33-27(37)29(38)36-17-18(2)7-9-24(36)20-8-10-25-23(14-20)34-28(39-25)21-11-12-35(5)30(3,4)15-21;1-14-5-7-17(22-13-14)15-6-8-19-18(11-15)23-20(25-19)16-9-10-24(4)21(2,3)12-16;1-2-5-3-6(4-11-7(5)10)12-8(13)9(14)15/h2*8,10,13-14,16,18,21,24H,6-7,9,11-12,15,17H2,1-5H3,(H2,31,32)(H,33,37);6,8,11,14,16-17,22H,5,7,9-10,12-13H2,1-4H3;3-4H,2H2,1H3,(H2,10,11)(H,12,13)(H,14,15)/t18-,21?,24+;18-,21+,24+;14-,16?,17+;/m000./s1. The lowest BCUT2D eigenvalue weighted by Crippen LogP contribution is -2.46. The average molecular weight is 1660 g/mol. The van der Waals surface area contributed by atoms with E-state index in [1.807, 2.05) is 32.1 Å². The number of aliphatic carboxylic acids is 1. The third-order valence-corrected chi connectivity index (χ3v) is 29.2. The quantitative estimate of drug-likeness (QED) is 0.0527. The molecule has 0 spiro atoms. The molecule has 25 nitrogen and oxygen atoms in total. The van der Waals surface area contributed by atoms with Gasteiger partial charge in [-0.05, 0) is 291 Å². The maximum absolute atomic E-state index is 13.5. The van der Waals surface area contributed by atoms with E-state index in [4.69, 9.17) is 37.3 Å². The number of carboxylic acids is 1. The molecule has 6 saturated heterocycles. The predicted molar refractivity (Wildman–Crippen MR) is 477 cm³/mol. The number of piperidine rings is 6. The van der Waals surface area contributed by atoms with Crippen LogP contribution < -0.4 is 38.5 Å². The summed E-state index contributed by atoms with van der Waals surface area (Å²) in [6, 6.07) is 25.1. The zero-order valence-electron chi connectivity index (χ0n) is 71.5. The predicted octanol–water partition coefficient (Wildman–Crippen LogP) is 15.9. The second kappa shape index (κ2) is 37.6. The number of carbonyl (C=O) groups is 6. The Morgan fingerprint density at radius 1 is 0.458 bits per heavy atom. The van der Waals surface area contributed by atoms with Gasteiger partial charge in [0, 0.05) is 53.5 Å². The van der Waals surface area contributed by atoms with Crippen LogP contribution in [0.1, 0.15) is 244 Å². The molecule has 0 saturated carbocycles. The summed E-state index contributed by atoms with van der Waals surface area (Å²) in [5, 5.41) is 23.5. The number of fused-ring (bicyclic) bond motifs is 3. The van der Waals surface area contributed by atoms with Crippen LogP contribution in [0.15, 0.2) is 91.4 Å². The zero-order valence-corrected chi connectivity index (χ0v) is 73.9. The van der Waals surface area contributed by atoms with Crippen LogP contribution in [0.5, 0.6) is 0 Å². The number of thiazole rings is 3. The second-order valence-corrected chi connectivity index (χ2v) is 38.8. The molecular weight excluding hydrogens is 1540 g/mol. The van der Waals surface area contributed by atoms with Crippen molar-refractivity contribution in [2.45, 2.75) is 232 Å². The number of anilines is 6. The maximum Gasteiger partial charge on any atom is 0.394 e. The Hall–Kier alpha value is -9.16. The summed E-state index contributed by atoms with van der Waals surface area (Å²) in [5.74, 6) is -0.721. The van der Waals surface area contributed by atoms with Gasteiger partial charge in [0.05, 0.1) is 93.4 Å². The first-order chi connectivity index (χ1) is 56.1. The summed E-state index contributed by atoms with van der Waals surface area (Å²) < 4.78 is 3.69. The highest BCUT2D eigenvalue weighted by Crippen LogP contribution is 2.46. The van der Waals surface area contributed by atoms with Crippen LogP contribution in [-0.2, 0) is 48.0 Å². The van der Waals surface area contributed by atoms with Gasteiger partial charge in [0.1, 0.15) is 17.5 Å². The summed E-state index contributed by atoms with van der Waals surface area (Å²) in [4.78, 5) is 112. The van der Waals surface area contributed by atoms with Crippen LogP contribution in [0.4, 0.5) is 34.5 Å². The second-order valence-electron chi connectivity index (χ2n) is 35.6. The van der Waals surface area contributed by atoms with Crippen molar-refractivity contribution in [1.82, 2.24) is 59.7 Å². The Morgan fingerprint density at radius 2 is 0.788 bits per heavy atom. The number of pyridine rings is 3. The number of nitrogen functional groups attached to an aromatic ring is 3. The Kier molecular flexibility index (Phi) is 28.1. The van der Waals surface area contributed by atoms with Crippen molar-refractivity contribution in [3.8, 4) is 0 Å². The molecule has 6 aromatic heterocycles. The summed E-state index contributed by atoms with van der Waals surface area (Å²) in [6.07, 6.45) is 19.4. The molecule has 2 unspecified atom stereocenters. The smallest absolute Gasteiger partial charge is 0.394 e. The molecule has 0 aliphatic carbocycles. The first-order valence-electron chi connectivity index (χ1n) is 42.2. The summed E-state index contributed by atoms with van der Waals surface area (Å²) in [7, 11) is 6.65.